The molecule has 0 unspecified atom stereocenters. The van der Waals surface area contributed by atoms with E-state index in [1.54, 1.807) is 7.11 Å². The molecule has 0 aliphatic carbocycles. The molecule has 1 aromatic carbocycles. The lowest BCUT2D eigenvalue weighted by atomic mass is 10.2. The Bertz CT molecular complexity index is 670. The van der Waals surface area contributed by atoms with Crippen molar-refractivity contribution in [3.8, 4) is 17.0 Å². The van der Waals surface area contributed by atoms with E-state index < -0.39 is 0 Å². The van der Waals surface area contributed by atoms with Crippen LogP contribution >= 0.6 is 23.1 Å². The normalized spacial score (nSPS) is 10.2. The number of carbonyl (C=O) groups is 2. The lowest BCUT2D eigenvalue weighted by molar-refractivity contribution is -0.137. The third-order valence-electron chi connectivity index (χ3n) is 2.82. The first-order valence-electron chi connectivity index (χ1n) is 6.66. The van der Waals surface area contributed by atoms with Crippen LogP contribution in [0.3, 0.4) is 0 Å². The molecule has 23 heavy (non-hydrogen) atoms. The summed E-state index contributed by atoms with van der Waals surface area (Å²) in [5.41, 5.74) is 1.73. The molecule has 2 rings (SSSR count). The van der Waals surface area contributed by atoms with E-state index >= 15 is 0 Å². The van der Waals surface area contributed by atoms with E-state index in [0.29, 0.717) is 5.13 Å². The molecule has 1 heterocycles. The zero-order valence-corrected chi connectivity index (χ0v) is 14.3. The molecule has 0 bridgehead atoms. The second kappa shape index (κ2) is 8.54. The van der Waals surface area contributed by atoms with Gasteiger partial charge in [0.1, 0.15) is 5.75 Å². The standard InChI is InChI=1S/C15H16N2O4S2/c1-20-11-5-3-10(4-6-11)12-7-23-15(16-12)17-13(18)8-22-9-14(19)21-2/h3-7H,8-9H2,1-2H3,(H,16,17,18). The highest BCUT2D eigenvalue weighted by Crippen LogP contribution is 2.26. The van der Waals surface area contributed by atoms with Gasteiger partial charge in [-0.15, -0.1) is 23.1 Å². The average molecular weight is 352 g/mol. The van der Waals surface area contributed by atoms with Gasteiger partial charge in [-0.25, -0.2) is 4.98 Å². The number of carbonyl (C=O) groups excluding carboxylic acids is 2. The van der Waals surface area contributed by atoms with Crippen LogP contribution in [0.4, 0.5) is 5.13 Å². The number of aromatic nitrogens is 1. The Kier molecular flexibility index (Phi) is 6.42. The van der Waals surface area contributed by atoms with Crippen molar-refractivity contribution >= 4 is 40.1 Å². The van der Waals surface area contributed by atoms with Crippen molar-refractivity contribution in [2.24, 2.45) is 0 Å². The molecule has 0 spiro atoms. The van der Waals surface area contributed by atoms with Crippen LogP contribution in [-0.2, 0) is 14.3 Å². The average Bonchev–Trinajstić information content (AvgIpc) is 3.03. The number of methoxy groups -OCH3 is 2. The van der Waals surface area contributed by atoms with Crippen LogP contribution in [-0.4, -0.2) is 42.6 Å². The SMILES string of the molecule is COC(=O)CSCC(=O)Nc1nc(-c2ccc(OC)cc2)cs1. The number of amides is 1. The van der Waals surface area contributed by atoms with Crippen molar-refractivity contribution in [1.29, 1.82) is 0 Å². The molecule has 0 fully saturated rings. The fourth-order valence-electron chi connectivity index (χ4n) is 1.67. The van der Waals surface area contributed by atoms with Gasteiger partial charge in [-0.05, 0) is 24.3 Å². The fraction of sp³-hybridized carbons (Fsp3) is 0.267. The summed E-state index contributed by atoms with van der Waals surface area (Å²) in [5, 5.41) is 5.12. The number of nitrogens with one attached hydrogen (secondary N) is 1. The summed E-state index contributed by atoms with van der Waals surface area (Å²) in [6.45, 7) is 0. The minimum atomic E-state index is -0.348. The number of esters is 1. The van der Waals surface area contributed by atoms with Gasteiger partial charge in [0.25, 0.3) is 0 Å². The largest absolute Gasteiger partial charge is 0.497 e. The number of ether oxygens (including phenoxy) is 2. The maximum Gasteiger partial charge on any atom is 0.315 e. The van der Waals surface area contributed by atoms with E-state index in [1.165, 1.54) is 30.2 Å². The van der Waals surface area contributed by atoms with Crippen LogP contribution in [0, 0.1) is 0 Å². The first-order valence-corrected chi connectivity index (χ1v) is 8.70. The highest BCUT2D eigenvalue weighted by molar-refractivity contribution is 8.00. The van der Waals surface area contributed by atoms with Crippen molar-refractivity contribution in [3.63, 3.8) is 0 Å². The quantitative estimate of drug-likeness (QED) is 0.772. The predicted molar refractivity (Wildman–Crippen MR) is 92.1 cm³/mol. The number of thiazole rings is 1. The molecule has 6 nitrogen and oxygen atoms in total. The van der Waals surface area contributed by atoms with Gasteiger partial charge in [0, 0.05) is 10.9 Å². The lowest BCUT2D eigenvalue weighted by Crippen LogP contribution is -2.15. The topological polar surface area (TPSA) is 77.5 Å². The Morgan fingerprint density at radius 2 is 1.96 bits per heavy atom. The van der Waals surface area contributed by atoms with E-state index in [0.717, 1.165) is 17.0 Å². The Hall–Kier alpha value is -2.06. The second-order valence-electron chi connectivity index (χ2n) is 4.38. The second-order valence-corrected chi connectivity index (χ2v) is 6.23. The fourth-order valence-corrected chi connectivity index (χ4v) is 3.05. The molecular formula is C15H16N2O4S2. The molecule has 1 aromatic heterocycles. The van der Waals surface area contributed by atoms with E-state index in [9.17, 15) is 9.59 Å². The summed E-state index contributed by atoms with van der Waals surface area (Å²) in [4.78, 5) is 27.1. The van der Waals surface area contributed by atoms with Crippen molar-refractivity contribution in [1.82, 2.24) is 4.98 Å². The molecule has 0 aliphatic rings. The zero-order chi connectivity index (χ0) is 16.7. The molecule has 0 saturated heterocycles. The highest BCUT2D eigenvalue weighted by Gasteiger charge is 2.09. The Morgan fingerprint density at radius 1 is 1.22 bits per heavy atom. The maximum absolute atomic E-state index is 11.8. The summed E-state index contributed by atoms with van der Waals surface area (Å²) in [6.07, 6.45) is 0. The molecule has 0 atom stereocenters. The Balaban J connectivity index is 1.88. The van der Waals surface area contributed by atoms with Crippen molar-refractivity contribution in [3.05, 3.63) is 29.6 Å². The monoisotopic (exact) mass is 352 g/mol. The molecule has 0 aliphatic heterocycles. The summed E-state index contributed by atoms with van der Waals surface area (Å²) in [5.74, 6) is 0.555. The first kappa shape index (κ1) is 17.3. The van der Waals surface area contributed by atoms with Gasteiger partial charge in [0.15, 0.2) is 5.13 Å². The molecule has 0 radical (unpaired) electrons. The summed E-state index contributed by atoms with van der Waals surface area (Å²) >= 11 is 2.55. The number of rotatable bonds is 7. The molecule has 1 N–H and O–H groups in total. The van der Waals surface area contributed by atoms with E-state index in [2.05, 4.69) is 15.0 Å². The van der Waals surface area contributed by atoms with Crippen LogP contribution in [0.1, 0.15) is 0 Å². The Labute approximate surface area is 142 Å². The van der Waals surface area contributed by atoms with E-state index in [1.807, 2.05) is 29.6 Å². The third kappa shape index (κ3) is 5.26. The number of anilines is 1. The zero-order valence-electron chi connectivity index (χ0n) is 12.7. The summed E-state index contributed by atoms with van der Waals surface area (Å²) < 4.78 is 9.62. The molecule has 1 amide bonds. The van der Waals surface area contributed by atoms with Gasteiger partial charge in [-0.2, -0.15) is 0 Å². The van der Waals surface area contributed by atoms with Crippen molar-refractivity contribution in [2.75, 3.05) is 31.0 Å². The van der Waals surface area contributed by atoms with Crippen LogP contribution in [0.5, 0.6) is 5.75 Å². The van der Waals surface area contributed by atoms with Gasteiger partial charge in [0.05, 0.1) is 31.4 Å². The molecule has 8 heteroatoms. The van der Waals surface area contributed by atoms with Crippen LogP contribution in [0.15, 0.2) is 29.6 Å². The van der Waals surface area contributed by atoms with Crippen LogP contribution in [0.25, 0.3) is 11.3 Å². The van der Waals surface area contributed by atoms with E-state index in [-0.39, 0.29) is 23.4 Å². The van der Waals surface area contributed by atoms with Crippen LogP contribution < -0.4 is 10.1 Å². The van der Waals surface area contributed by atoms with Gasteiger partial charge >= 0.3 is 5.97 Å². The van der Waals surface area contributed by atoms with Gasteiger partial charge in [0.2, 0.25) is 5.91 Å². The maximum atomic E-state index is 11.8. The predicted octanol–water partition coefficient (Wildman–Crippen LogP) is 2.66. The van der Waals surface area contributed by atoms with Gasteiger partial charge in [-0.3, -0.25) is 9.59 Å². The minimum absolute atomic E-state index is 0.152. The molecule has 0 saturated carbocycles. The molecular weight excluding hydrogens is 336 g/mol. The van der Waals surface area contributed by atoms with Crippen molar-refractivity contribution in [2.45, 2.75) is 0 Å². The lowest BCUT2D eigenvalue weighted by Gasteiger charge is -2.02. The number of hydrogen-bond acceptors (Lipinski definition) is 7. The number of hydrogen-bond donors (Lipinski definition) is 1. The summed E-state index contributed by atoms with van der Waals surface area (Å²) in [7, 11) is 2.93. The first-order chi connectivity index (χ1) is 11.1. The number of benzene rings is 1. The number of thioether (sulfide) groups is 1. The van der Waals surface area contributed by atoms with Crippen molar-refractivity contribution < 1.29 is 19.1 Å². The van der Waals surface area contributed by atoms with E-state index in [4.69, 9.17) is 4.74 Å². The van der Waals surface area contributed by atoms with Crippen LogP contribution in [0.2, 0.25) is 0 Å². The molecule has 2 aromatic rings. The highest BCUT2D eigenvalue weighted by atomic mass is 32.2. The molecule has 122 valence electrons. The number of nitrogens with zero attached hydrogens (tertiary/aromatic N) is 1. The van der Waals surface area contributed by atoms with Gasteiger partial charge in [-0.1, -0.05) is 0 Å². The minimum Gasteiger partial charge on any atom is -0.497 e. The van der Waals surface area contributed by atoms with Gasteiger partial charge < -0.3 is 14.8 Å². The smallest absolute Gasteiger partial charge is 0.315 e. The third-order valence-corrected chi connectivity index (χ3v) is 4.48. The Morgan fingerprint density at radius 3 is 2.61 bits per heavy atom. The summed E-state index contributed by atoms with van der Waals surface area (Å²) in [6, 6.07) is 7.53.